The van der Waals surface area contributed by atoms with Crippen molar-refractivity contribution in [3.8, 4) is 0 Å². The van der Waals surface area contributed by atoms with Gasteiger partial charge in [0.15, 0.2) is 0 Å². The van der Waals surface area contributed by atoms with E-state index < -0.39 is 6.10 Å². The predicted molar refractivity (Wildman–Crippen MR) is 114 cm³/mol. The Kier molecular flexibility index (Phi) is 8.70. The molecule has 4 atom stereocenters. The Morgan fingerprint density at radius 3 is 2.79 bits per heavy atom. The van der Waals surface area contributed by atoms with E-state index in [1.165, 1.54) is 0 Å². The van der Waals surface area contributed by atoms with Crippen LogP contribution in [0.2, 0.25) is 0 Å². The summed E-state index contributed by atoms with van der Waals surface area (Å²) in [6.07, 6.45) is 6.27. The summed E-state index contributed by atoms with van der Waals surface area (Å²) in [6.45, 7) is 5.28. The van der Waals surface area contributed by atoms with E-state index >= 15 is 0 Å². The molecule has 0 spiro atoms. The first kappa shape index (κ1) is 22.9. The first-order valence-electron chi connectivity index (χ1n) is 10.4. The molecule has 8 heteroatoms. The largest absolute Gasteiger partial charge is 0.385 e. The molecule has 29 heavy (non-hydrogen) atoms. The van der Waals surface area contributed by atoms with Crippen molar-refractivity contribution in [2.45, 2.75) is 56.6 Å². The van der Waals surface area contributed by atoms with Crippen LogP contribution in [-0.2, 0) is 23.7 Å². The number of nitrogens with one attached hydrogen (secondary N) is 1. The fourth-order valence-corrected chi connectivity index (χ4v) is 4.59. The molecule has 0 aromatic carbocycles. The quantitative estimate of drug-likeness (QED) is 0.490. The predicted octanol–water partition coefficient (Wildman–Crippen LogP) is 2.01. The van der Waals surface area contributed by atoms with Gasteiger partial charge in [-0.15, -0.1) is 0 Å². The average molecular weight is 473 g/mol. The van der Waals surface area contributed by atoms with Crippen LogP contribution in [0.4, 0.5) is 0 Å². The second-order valence-electron chi connectivity index (χ2n) is 7.75. The summed E-state index contributed by atoms with van der Waals surface area (Å²) in [5, 5.41) is 3.26. The lowest BCUT2D eigenvalue weighted by Gasteiger charge is -2.37. The first-order chi connectivity index (χ1) is 14.1. The first-order valence-corrected chi connectivity index (χ1v) is 11.2. The highest BCUT2D eigenvalue weighted by atomic mass is 79.9. The number of ether oxygens (including phenoxy) is 4. The van der Waals surface area contributed by atoms with Crippen molar-refractivity contribution >= 4 is 21.8 Å². The fourth-order valence-electron chi connectivity index (χ4n) is 3.88. The molecular weight excluding hydrogens is 440 g/mol. The molecular formula is C21H33BrN2O5. The summed E-state index contributed by atoms with van der Waals surface area (Å²) >= 11 is 3.65. The summed E-state index contributed by atoms with van der Waals surface area (Å²) in [7, 11) is 3.37. The highest BCUT2D eigenvalue weighted by Crippen LogP contribution is 2.35. The molecule has 1 N–H and O–H groups in total. The van der Waals surface area contributed by atoms with Crippen molar-refractivity contribution < 1.29 is 23.7 Å². The summed E-state index contributed by atoms with van der Waals surface area (Å²) < 4.78 is 23.5. The van der Waals surface area contributed by atoms with E-state index in [9.17, 15) is 4.79 Å². The van der Waals surface area contributed by atoms with Crippen molar-refractivity contribution in [1.29, 1.82) is 0 Å². The Morgan fingerprint density at radius 1 is 1.38 bits per heavy atom. The van der Waals surface area contributed by atoms with Gasteiger partial charge in [0.2, 0.25) is 0 Å². The summed E-state index contributed by atoms with van der Waals surface area (Å²) in [5.74, 6) is 0.0732. The number of methoxy groups -OCH3 is 2. The van der Waals surface area contributed by atoms with Gasteiger partial charge in [0.05, 0.1) is 12.6 Å². The Labute approximate surface area is 181 Å². The Morgan fingerprint density at radius 2 is 2.17 bits per heavy atom. The van der Waals surface area contributed by atoms with Crippen LogP contribution in [0.25, 0.3) is 0 Å². The number of halogens is 1. The van der Waals surface area contributed by atoms with Crippen LogP contribution in [-0.4, -0.2) is 88.3 Å². The van der Waals surface area contributed by atoms with Crippen LogP contribution < -0.4 is 5.32 Å². The van der Waals surface area contributed by atoms with Gasteiger partial charge in [-0.3, -0.25) is 4.79 Å². The lowest BCUT2D eigenvalue weighted by atomic mass is 9.96. The van der Waals surface area contributed by atoms with Crippen LogP contribution in [0.15, 0.2) is 22.2 Å². The van der Waals surface area contributed by atoms with Crippen molar-refractivity contribution in [2.24, 2.45) is 0 Å². The summed E-state index contributed by atoms with van der Waals surface area (Å²) in [5.41, 5.74) is 1.06. The van der Waals surface area contributed by atoms with E-state index in [1.54, 1.807) is 14.2 Å². The van der Waals surface area contributed by atoms with Gasteiger partial charge in [0, 0.05) is 51.0 Å². The monoisotopic (exact) mass is 472 g/mol. The SMILES string of the molecule is COCCCOC1C=C([C@H](C)N(C(=O)[C@H]2CNCCO2)C2CC2)C=C(Br)C1OC. The Balaban J connectivity index is 1.74. The lowest BCUT2D eigenvalue weighted by Crippen LogP contribution is -2.53. The smallest absolute Gasteiger partial charge is 0.253 e. The zero-order valence-corrected chi connectivity index (χ0v) is 19.2. The van der Waals surface area contributed by atoms with Crippen LogP contribution >= 0.6 is 15.9 Å². The number of amides is 1. The van der Waals surface area contributed by atoms with Gasteiger partial charge in [-0.25, -0.2) is 0 Å². The van der Waals surface area contributed by atoms with E-state index in [1.807, 2.05) is 4.90 Å². The molecule has 0 aromatic rings. The summed E-state index contributed by atoms with van der Waals surface area (Å²) in [6, 6.07) is 0.230. The third-order valence-electron chi connectivity index (χ3n) is 5.59. The molecule has 7 nitrogen and oxygen atoms in total. The van der Waals surface area contributed by atoms with E-state index in [0.29, 0.717) is 26.4 Å². The molecule has 164 valence electrons. The normalized spacial score (nSPS) is 28.5. The maximum absolute atomic E-state index is 13.2. The maximum Gasteiger partial charge on any atom is 0.253 e. The number of rotatable bonds is 10. The molecule has 1 saturated heterocycles. The molecule has 2 unspecified atom stereocenters. The molecule has 2 fully saturated rings. The van der Waals surface area contributed by atoms with Crippen LogP contribution in [0.5, 0.6) is 0 Å². The van der Waals surface area contributed by atoms with Gasteiger partial charge in [-0.2, -0.15) is 0 Å². The third-order valence-corrected chi connectivity index (χ3v) is 6.27. The van der Waals surface area contributed by atoms with Crippen molar-refractivity contribution in [2.75, 3.05) is 47.1 Å². The molecule has 2 aliphatic carbocycles. The number of carbonyl (C=O) groups excluding carboxylic acids is 1. The zero-order valence-electron chi connectivity index (χ0n) is 17.6. The Bertz CT molecular complexity index is 616. The second-order valence-corrected chi connectivity index (χ2v) is 8.67. The minimum absolute atomic E-state index is 0.0593. The molecule has 0 radical (unpaired) electrons. The molecule has 1 heterocycles. The maximum atomic E-state index is 13.2. The number of nitrogens with zero attached hydrogens (tertiary/aromatic N) is 1. The minimum atomic E-state index is -0.406. The molecule has 1 aliphatic heterocycles. The number of hydrogen-bond donors (Lipinski definition) is 1. The number of carbonyl (C=O) groups is 1. The standard InChI is InChI=1S/C21H33BrN2O5/c1-14(24(16-5-6-16)21(25)19-13-23-7-10-29-19)15-11-17(22)20(27-3)18(12-15)28-9-4-8-26-2/h11-12,14,16,18-20,23H,4-10,13H2,1-3H3/t14-,18?,19+,20?/m0/s1. The van der Waals surface area contributed by atoms with Gasteiger partial charge < -0.3 is 29.2 Å². The van der Waals surface area contributed by atoms with Crippen LogP contribution in [0.1, 0.15) is 26.2 Å². The van der Waals surface area contributed by atoms with Crippen molar-refractivity contribution in [1.82, 2.24) is 10.2 Å². The highest BCUT2D eigenvalue weighted by Gasteiger charge is 2.41. The molecule has 1 amide bonds. The molecule has 0 bridgehead atoms. The second kappa shape index (κ2) is 11.0. The van der Waals surface area contributed by atoms with E-state index in [0.717, 1.165) is 35.9 Å². The van der Waals surface area contributed by atoms with Crippen molar-refractivity contribution in [3.05, 3.63) is 22.2 Å². The molecule has 3 aliphatic rings. The third kappa shape index (κ3) is 5.89. The Hall–Kier alpha value is -0.770. The minimum Gasteiger partial charge on any atom is -0.385 e. The van der Waals surface area contributed by atoms with E-state index in [2.05, 4.69) is 40.3 Å². The van der Waals surface area contributed by atoms with Gasteiger partial charge in [-0.1, -0.05) is 15.9 Å². The zero-order chi connectivity index (χ0) is 20.8. The van der Waals surface area contributed by atoms with E-state index in [4.69, 9.17) is 18.9 Å². The van der Waals surface area contributed by atoms with Crippen LogP contribution in [0, 0.1) is 0 Å². The van der Waals surface area contributed by atoms with Gasteiger partial charge in [0.25, 0.3) is 5.91 Å². The number of hydrogen-bond acceptors (Lipinski definition) is 6. The van der Waals surface area contributed by atoms with E-state index in [-0.39, 0.29) is 30.2 Å². The summed E-state index contributed by atoms with van der Waals surface area (Å²) in [4.78, 5) is 15.2. The molecule has 3 rings (SSSR count). The topological polar surface area (TPSA) is 69.3 Å². The van der Waals surface area contributed by atoms with Gasteiger partial charge in [-0.05, 0) is 43.9 Å². The highest BCUT2D eigenvalue weighted by molar-refractivity contribution is 9.11. The molecule has 0 aromatic heterocycles. The fraction of sp³-hybridized carbons (Fsp3) is 0.762. The number of morpholine rings is 1. The lowest BCUT2D eigenvalue weighted by molar-refractivity contribution is -0.147. The van der Waals surface area contributed by atoms with Crippen LogP contribution in [0.3, 0.4) is 0 Å². The molecule has 1 saturated carbocycles. The average Bonchev–Trinajstić information content (AvgIpc) is 3.56. The van der Waals surface area contributed by atoms with Gasteiger partial charge >= 0.3 is 0 Å². The van der Waals surface area contributed by atoms with Crippen molar-refractivity contribution in [3.63, 3.8) is 0 Å². The van der Waals surface area contributed by atoms with Gasteiger partial charge in [0.1, 0.15) is 18.3 Å².